The molecule has 0 unspecified atom stereocenters. The summed E-state index contributed by atoms with van der Waals surface area (Å²) in [7, 11) is 0. The van der Waals surface area contributed by atoms with E-state index < -0.39 is 0 Å². The summed E-state index contributed by atoms with van der Waals surface area (Å²) in [6.07, 6.45) is 1.88. The minimum absolute atomic E-state index is 0.0671. The molecule has 2 aromatic rings. The average Bonchev–Trinajstić information content (AvgIpc) is 3.14. The molecule has 1 saturated carbocycles. The third kappa shape index (κ3) is 2.04. The van der Waals surface area contributed by atoms with Gasteiger partial charge in [0.05, 0.1) is 12.2 Å². The van der Waals surface area contributed by atoms with Crippen LogP contribution in [-0.2, 0) is 4.74 Å². The second kappa shape index (κ2) is 4.57. The van der Waals surface area contributed by atoms with Gasteiger partial charge in [-0.25, -0.2) is 0 Å². The molecule has 3 N–H and O–H groups in total. The zero-order valence-corrected chi connectivity index (χ0v) is 12.6. The lowest BCUT2D eigenvalue weighted by Gasteiger charge is -2.43. The van der Waals surface area contributed by atoms with Crippen molar-refractivity contribution in [3.63, 3.8) is 0 Å². The molecular formula is C17H20N2O3. The van der Waals surface area contributed by atoms with E-state index >= 15 is 0 Å². The second-order valence-corrected chi connectivity index (χ2v) is 6.86. The summed E-state index contributed by atoms with van der Waals surface area (Å²) >= 11 is 0. The van der Waals surface area contributed by atoms with Crippen LogP contribution in [0.1, 0.15) is 29.0 Å². The van der Waals surface area contributed by atoms with Gasteiger partial charge in [0.25, 0.3) is 5.91 Å². The van der Waals surface area contributed by atoms with Gasteiger partial charge in [-0.15, -0.1) is 0 Å². The number of rotatable bonds is 4. The van der Waals surface area contributed by atoms with Crippen LogP contribution in [0.2, 0.25) is 0 Å². The topological polar surface area (TPSA) is 77.5 Å². The molecule has 3 heterocycles. The number of ether oxygens (including phenoxy) is 1. The van der Waals surface area contributed by atoms with Crippen LogP contribution in [0.3, 0.4) is 0 Å². The van der Waals surface area contributed by atoms with Crippen LogP contribution in [0.5, 0.6) is 0 Å². The van der Waals surface area contributed by atoms with Crippen LogP contribution < -0.4 is 11.1 Å². The highest BCUT2D eigenvalue weighted by molar-refractivity contribution is 5.96. The minimum Gasteiger partial charge on any atom is -0.451 e. The number of fused-ring (bicyclic) bond motifs is 2. The second-order valence-electron chi connectivity index (χ2n) is 6.86. The molecule has 116 valence electrons. The van der Waals surface area contributed by atoms with E-state index in [0.717, 1.165) is 29.4 Å². The SMILES string of the molecule is Cc1ccc2oc(C(=O)NCC34COC(CN)(C3)C4)cc2c1. The van der Waals surface area contributed by atoms with Gasteiger partial charge in [0, 0.05) is 23.9 Å². The van der Waals surface area contributed by atoms with Crippen LogP contribution >= 0.6 is 0 Å². The molecule has 22 heavy (non-hydrogen) atoms. The molecule has 0 spiro atoms. The van der Waals surface area contributed by atoms with Crippen LogP contribution in [0.25, 0.3) is 11.0 Å². The van der Waals surface area contributed by atoms with Crippen molar-refractivity contribution in [1.29, 1.82) is 0 Å². The molecule has 2 saturated heterocycles. The Balaban J connectivity index is 1.44. The van der Waals surface area contributed by atoms with Crippen LogP contribution in [-0.4, -0.2) is 31.2 Å². The van der Waals surface area contributed by atoms with E-state index in [4.69, 9.17) is 14.9 Å². The molecule has 5 nitrogen and oxygen atoms in total. The Morgan fingerprint density at radius 2 is 2.18 bits per heavy atom. The number of carbonyl (C=O) groups excluding carboxylic acids is 1. The summed E-state index contributed by atoms with van der Waals surface area (Å²) in [6, 6.07) is 7.68. The van der Waals surface area contributed by atoms with Crippen molar-refractivity contribution < 1.29 is 13.9 Å². The predicted molar refractivity (Wildman–Crippen MR) is 82.7 cm³/mol. The van der Waals surface area contributed by atoms with Crippen molar-refractivity contribution in [3.05, 3.63) is 35.6 Å². The maximum absolute atomic E-state index is 12.3. The first kappa shape index (κ1) is 13.8. The van der Waals surface area contributed by atoms with E-state index in [1.54, 1.807) is 6.07 Å². The molecule has 1 aromatic carbocycles. The number of carbonyl (C=O) groups is 1. The number of nitrogens with one attached hydrogen (secondary N) is 1. The monoisotopic (exact) mass is 300 g/mol. The minimum atomic E-state index is -0.166. The van der Waals surface area contributed by atoms with Gasteiger partial charge >= 0.3 is 0 Å². The highest BCUT2D eigenvalue weighted by Crippen LogP contribution is 2.56. The van der Waals surface area contributed by atoms with Crippen molar-refractivity contribution >= 4 is 16.9 Å². The quantitative estimate of drug-likeness (QED) is 0.905. The van der Waals surface area contributed by atoms with Gasteiger partial charge in [0.2, 0.25) is 0 Å². The molecule has 3 fully saturated rings. The number of furan rings is 1. The first-order chi connectivity index (χ1) is 10.5. The first-order valence-corrected chi connectivity index (χ1v) is 7.66. The molecule has 0 radical (unpaired) electrons. The van der Waals surface area contributed by atoms with Crippen molar-refractivity contribution in [1.82, 2.24) is 5.32 Å². The number of hydrogen-bond acceptors (Lipinski definition) is 4. The lowest BCUT2D eigenvalue weighted by atomic mass is 9.62. The molecule has 5 rings (SSSR count). The van der Waals surface area contributed by atoms with Crippen LogP contribution in [0, 0.1) is 12.3 Å². The molecule has 2 aliphatic heterocycles. The molecule has 5 heteroatoms. The van der Waals surface area contributed by atoms with Gasteiger partial charge in [-0.2, -0.15) is 0 Å². The first-order valence-electron chi connectivity index (χ1n) is 7.66. The summed E-state index contributed by atoms with van der Waals surface area (Å²) < 4.78 is 11.4. The summed E-state index contributed by atoms with van der Waals surface area (Å²) in [6.45, 7) is 3.88. The number of aryl methyl sites for hydroxylation is 1. The Bertz CT molecular complexity index is 743. The fourth-order valence-electron chi connectivity index (χ4n) is 3.83. The normalized spacial score (nSPS) is 29.5. The Labute approximate surface area is 128 Å². The van der Waals surface area contributed by atoms with Gasteiger partial charge in [-0.1, -0.05) is 11.6 Å². The summed E-state index contributed by atoms with van der Waals surface area (Å²) in [5.74, 6) is 0.195. The summed E-state index contributed by atoms with van der Waals surface area (Å²) in [5.41, 5.74) is 7.57. The van der Waals surface area contributed by atoms with E-state index in [0.29, 0.717) is 25.5 Å². The molecule has 0 atom stereocenters. The third-order valence-electron chi connectivity index (χ3n) is 4.97. The summed E-state index contributed by atoms with van der Waals surface area (Å²) in [5, 5.41) is 3.94. The fraction of sp³-hybridized carbons (Fsp3) is 0.471. The smallest absolute Gasteiger partial charge is 0.287 e. The van der Waals surface area contributed by atoms with Gasteiger partial charge in [-0.3, -0.25) is 4.79 Å². The Morgan fingerprint density at radius 1 is 1.36 bits per heavy atom. The van der Waals surface area contributed by atoms with Gasteiger partial charge in [0.1, 0.15) is 5.58 Å². The van der Waals surface area contributed by atoms with E-state index in [1.165, 1.54) is 0 Å². The van der Waals surface area contributed by atoms with Gasteiger partial charge < -0.3 is 20.2 Å². The van der Waals surface area contributed by atoms with Gasteiger partial charge in [0.15, 0.2) is 5.76 Å². The Hall–Kier alpha value is -1.85. The van der Waals surface area contributed by atoms with E-state index in [1.807, 2.05) is 25.1 Å². The van der Waals surface area contributed by atoms with Gasteiger partial charge in [-0.05, 0) is 38.0 Å². The lowest BCUT2D eigenvalue weighted by Crippen LogP contribution is -2.53. The maximum Gasteiger partial charge on any atom is 0.287 e. The standard InChI is InChI=1S/C17H20N2O3/c1-11-2-3-13-12(4-11)5-14(22-13)15(20)19-9-16-6-17(7-16,8-18)21-10-16/h2-5H,6-10,18H2,1H3,(H,19,20). The largest absolute Gasteiger partial charge is 0.451 e. The zero-order chi connectivity index (χ0) is 15.4. The van der Waals surface area contributed by atoms with E-state index in [2.05, 4.69) is 5.32 Å². The number of amides is 1. The fourth-order valence-corrected chi connectivity index (χ4v) is 3.83. The number of benzene rings is 1. The molecule has 1 amide bonds. The number of hydrogen-bond donors (Lipinski definition) is 2. The van der Waals surface area contributed by atoms with Crippen LogP contribution in [0.15, 0.2) is 28.7 Å². The highest BCUT2D eigenvalue weighted by atomic mass is 16.5. The Morgan fingerprint density at radius 3 is 2.91 bits per heavy atom. The zero-order valence-electron chi connectivity index (χ0n) is 12.6. The van der Waals surface area contributed by atoms with Crippen molar-refractivity contribution in [2.45, 2.75) is 25.4 Å². The maximum atomic E-state index is 12.3. The van der Waals surface area contributed by atoms with Crippen molar-refractivity contribution in [2.24, 2.45) is 11.1 Å². The molecule has 3 aliphatic rings. The predicted octanol–water partition coefficient (Wildman–Crippen LogP) is 1.98. The molecular weight excluding hydrogens is 280 g/mol. The molecule has 1 aliphatic carbocycles. The molecule has 2 bridgehead atoms. The van der Waals surface area contributed by atoms with E-state index in [9.17, 15) is 4.79 Å². The Kier molecular flexibility index (Phi) is 2.86. The average molecular weight is 300 g/mol. The van der Waals surface area contributed by atoms with E-state index in [-0.39, 0.29) is 16.9 Å². The molecule has 1 aromatic heterocycles. The highest BCUT2D eigenvalue weighted by Gasteiger charge is 2.61. The van der Waals surface area contributed by atoms with Crippen molar-refractivity contribution in [3.8, 4) is 0 Å². The lowest BCUT2D eigenvalue weighted by molar-refractivity contribution is -0.00579. The third-order valence-corrected chi connectivity index (χ3v) is 4.97. The number of nitrogens with two attached hydrogens (primary N) is 1. The van der Waals surface area contributed by atoms with Crippen LogP contribution in [0.4, 0.5) is 0 Å². The van der Waals surface area contributed by atoms with Crippen molar-refractivity contribution in [2.75, 3.05) is 19.7 Å². The summed E-state index contributed by atoms with van der Waals surface area (Å²) in [4.78, 5) is 12.3.